The first-order valence-electron chi connectivity index (χ1n) is 7.62. The number of rotatable bonds is 5. The first kappa shape index (κ1) is 16.5. The van der Waals surface area contributed by atoms with E-state index in [2.05, 4.69) is 11.4 Å². The zero-order valence-electron chi connectivity index (χ0n) is 13.5. The number of nitrogens with one attached hydrogen (secondary N) is 1. The number of hydrogen-bond acceptors (Lipinski definition) is 4. The molecule has 1 heterocycles. The molecular formula is C18H18ClNO4. The second-order valence-corrected chi connectivity index (χ2v) is 5.97. The molecule has 1 amide bonds. The maximum atomic E-state index is 12.2. The van der Waals surface area contributed by atoms with Gasteiger partial charge in [0.25, 0.3) is 5.91 Å². The lowest BCUT2D eigenvalue weighted by atomic mass is 10.1. The Kier molecular flexibility index (Phi) is 4.81. The van der Waals surface area contributed by atoms with Crippen molar-refractivity contribution in [1.29, 1.82) is 0 Å². The Balaban J connectivity index is 1.54. The van der Waals surface area contributed by atoms with Gasteiger partial charge in [-0.05, 0) is 37.6 Å². The highest BCUT2D eigenvalue weighted by molar-refractivity contribution is 6.32. The van der Waals surface area contributed by atoms with Gasteiger partial charge in [-0.1, -0.05) is 29.3 Å². The topological polar surface area (TPSA) is 56.8 Å². The summed E-state index contributed by atoms with van der Waals surface area (Å²) in [6.07, 6.45) is 0. The summed E-state index contributed by atoms with van der Waals surface area (Å²) in [4.78, 5) is 12.2. The monoisotopic (exact) mass is 347 g/mol. The summed E-state index contributed by atoms with van der Waals surface area (Å²) in [6, 6.07) is 9.17. The van der Waals surface area contributed by atoms with E-state index in [-0.39, 0.29) is 12.7 Å². The lowest BCUT2D eigenvalue weighted by molar-refractivity contribution is 0.0946. The minimum atomic E-state index is -0.237. The number of carbonyl (C=O) groups excluding carboxylic acids is 1. The number of ether oxygens (including phenoxy) is 3. The lowest BCUT2D eigenvalue weighted by Gasteiger charge is -2.11. The number of benzene rings is 2. The van der Waals surface area contributed by atoms with Crippen LogP contribution in [0.4, 0.5) is 0 Å². The van der Waals surface area contributed by atoms with E-state index in [9.17, 15) is 4.79 Å². The van der Waals surface area contributed by atoms with Gasteiger partial charge in [-0.15, -0.1) is 0 Å². The van der Waals surface area contributed by atoms with E-state index < -0.39 is 0 Å². The maximum absolute atomic E-state index is 12.2. The van der Waals surface area contributed by atoms with Gasteiger partial charge in [0.1, 0.15) is 12.4 Å². The number of carbonyl (C=O) groups is 1. The fraction of sp³-hybridized carbons (Fsp3) is 0.278. The molecule has 5 nitrogen and oxygen atoms in total. The van der Waals surface area contributed by atoms with Gasteiger partial charge in [0.15, 0.2) is 11.5 Å². The van der Waals surface area contributed by atoms with Crippen molar-refractivity contribution in [3.05, 3.63) is 52.0 Å². The number of hydrogen-bond donors (Lipinski definition) is 1. The van der Waals surface area contributed by atoms with E-state index in [1.54, 1.807) is 12.1 Å². The molecular weight excluding hydrogens is 330 g/mol. The molecule has 1 aliphatic heterocycles. The SMILES string of the molecule is Cc1ccc(OCCNC(=O)c2cc(Cl)c3c(c2)OCO3)c(C)c1. The van der Waals surface area contributed by atoms with Gasteiger partial charge in [0.2, 0.25) is 6.79 Å². The van der Waals surface area contributed by atoms with Gasteiger partial charge in [0.05, 0.1) is 11.6 Å². The Hall–Kier alpha value is -2.40. The van der Waals surface area contributed by atoms with Crippen molar-refractivity contribution in [3.63, 3.8) is 0 Å². The molecule has 1 aliphatic rings. The van der Waals surface area contributed by atoms with Gasteiger partial charge < -0.3 is 19.5 Å². The Bertz CT molecular complexity index is 776. The second-order valence-electron chi connectivity index (χ2n) is 5.57. The summed E-state index contributed by atoms with van der Waals surface area (Å²) in [5.41, 5.74) is 2.69. The summed E-state index contributed by atoms with van der Waals surface area (Å²) in [7, 11) is 0. The Morgan fingerprint density at radius 2 is 2.08 bits per heavy atom. The predicted molar refractivity (Wildman–Crippen MR) is 91.3 cm³/mol. The van der Waals surface area contributed by atoms with Crippen LogP contribution in [0, 0.1) is 13.8 Å². The fourth-order valence-electron chi connectivity index (χ4n) is 2.49. The molecule has 0 atom stereocenters. The van der Waals surface area contributed by atoms with Crippen LogP contribution in [-0.2, 0) is 0 Å². The van der Waals surface area contributed by atoms with Crippen LogP contribution in [0.5, 0.6) is 17.2 Å². The van der Waals surface area contributed by atoms with E-state index in [0.29, 0.717) is 35.2 Å². The zero-order valence-corrected chi connectivity index (χ0v) is 14.3. The minimum absolute atomic E-state index is 0.115. The van der Waals surface area contributed by atoms with Crippen LogP contribution in [0.2, 0.25) is 5.02 Å². The predicted octanol–water partition coefficient (Wildman–Crippen LogP) is 3.49. The highest BCUT2D eigenvalue weighted by atomic mass is 35.5. The van der Waals surface area contributed by atoms with Gasteiger partial charge >= 0.3 is 0 Å². The molecule has 0 saturated heterocycles. The van der Waals surface area contributed by atoms with E-state index in [4.69, 9.17) is 25.8 Å². The Labute approximate surface area is 145 Å². The number of fused-ring (bicyclic) bond motifs is 1. The molecule has 0 aromatic heterocycles. The average molecular weight is 348 g/mol. The van der Waals surface area contributed by atoms with Gasteiger partial charge in [-0.3, -0.25) is 4.79 Å². The second kappa shape index (κ2) is 7.01. The van der Waals surface area contributed by atoms with Crippen LogP contribution in [0.1, 0.15) is 21.5 Å². The summed E-state index contributed by atoms with van der Waals surface area (Å²) >= 11 is 6.08. The Morgan fingerprint density at radius 1 is 1.25 bits per heavy atom. The van der Waals surface area contributed by atoms with E-state index in [0.717, 1.165) is 11.3 Å². The summed E-state index contributed by atoms with van der Waals surface area (Å²) in [6.45, 7) is 4.92. The number of aryl methyl sites for hydroxylation is 2. The molecule has 1 N–H and O–H groups in total. The van der Waals surface area contributed by atoms with Crippen LogP contribution in [0.3, 0.4) is 0 Å². The van der Waals surface area contributed by atoms with Gasteiger partial charge in [0, 0.05) is 5.56 Å². The minimum Gasteiger partial charge on any atom is -0.491 e. The first-order chi connectivity index (χ1) is 11.5. The lowest BCUT2D eigenvalue weighted by Crippen LogP contribution is -2.28. The normalized spacial score (nSPS) is 12.1. The van der Waals surface area contributed by atoms with Crippen molar-refractivity contribution < 1.29 is 19.0 Å². The van der Waals surface area contributed by atoms with E-state index >= 15 is 0 Å². The standard InChI is InChI=1S/C18H18ClNO4/c1-11-3-4-15(12(2)7-11)22-6-5-20-18(21)13-8-14(19)17-16(9-13)23-10-24-17/h3-4,7-9H,5-6,10H2,1-2H3,(H,20,21). The van der Waals surface area contributed by atoms with Crippen molar-refractivity contribution >= 4 is 17.5 Å². The molecule has 0 unspecified atom stereocenters. The van der Waals surface area contributed by atoms with Crippen molar-refractivity contribution in [2.75, 3.05) is 19.9 Å². The summed E-state index contributed by atoms with van der Waals surface area (Å²) in [5, 5.41) is 3.16. The quantitative estimate of drug-likeness (QED) is 0.841. The van der Waals surface area contributed by atoms with Crippen molar-refractivity contribution in [2.45, 2.75) is 13.8 Å². The zero-order chi connectivity index (χ0) is 17.1. The van der Waals surface area contributed by atoms with Gasteiger partial charge in [-0.25, -0.2) is 0 Å². The molecule has 0 spiro atoms. The molecule has 24 heavy (non-hydrogen) atoms. The number of halogens is 1. The van der Waals surface area contributed by atoms with Crippen LogP contribution in [0.25, 0.3) is 0 Å². The molecule has 0 radical (unpaired) electrons. The van der Waals surface area contributed by atoms with Crippen molar-refractivity contribution in [1.82, 2.24) is 5.32 Å². The average Bonchev–Trinajstić information content (AvgIpc) is 3.02. The molecule has 2 aromatic rings. The third-order valence-corrected chi connectivity index (χ3v) is 3.95. The summed E-state index contributed by atoms with van der Waals surface area (Å²) < 4.78 is 16.2. The van der Waals surface area contributed by atoms with Crippen molar-refractivity contribution in [3.8, 4) is 17.2 Å². The van der Waals surface area contributed by atoms with Crippen LogP contribution < -0.4 is 19.5 Å². The van der Waals surface area contributed by atoms with Crippen LogP contribution in [-0.4, -0.2) is 25.9 Å². The van der Waals surface area contributed by atoms with Crippen molar-refractivity contribution in [2.24, 2.45) is 0 Å². The fourth-order valence-corrected chi connectivity index (χ4v) is 2.75. The van der Waals surface area contributed by atoms with E-state index in [1.165, 1.54) is 5.56 Å². The molecule has 0 saturated carbocycles. The third kappa shape index (κ3) is 3.57. The molecule has 0 bridgehead atoms. The van der Waals surface area contributed by atoms with Crippen LogP contribution in [0.15, 0.2) is 30.3 Å². The largest absolute Gasteiger partial charge is 0.491 e. The van der Waals surface area contributed by atoms with Crippen LogP contribution >= 0.6 is 11.6 Å². The highest BCUT2D eigenvalue weighted by Gasteiger charge is 2.20. The first-order valence-corrected chi connectivity index (χ1v) is 8.00. The Morgan fingerprint density at radius 3 is 2.88 bits per heavy atom. The molecule has 3 rings (SSSR count). The molecule has 0 aliphatic carbocycles. The number of amides is 1. The molecule has 6 heteroatoms. The molecule has 2 aromatic carbocycles. The molecule has 0 fully saturated rings. The maximum Gasteiger partial charge on any atom is 0.251 e. The van der Waals surface area contributed by atoms with Gasteiger partial charge in [-0.2, -0.15) is 0 Å². The van der Waals surface area contributed by atoms with E-state index in [1.807, 2.05) is 26.0 Å². The summed E-state index contributed by atoms with van der Waals surface area (Å²) in [5.74, 6) is 1.55. The highest BCUT2D eigenvalue weighted by Crippen LogP contribution is 2.39. The smallest absolute Gasteiger partial charge is 0.251 e. The third-order valence-electron chi connectivity index (χ3n) is 3.67. The molecule has 126 valence electrons.